The van der Waals surface area contributed by atoms with Crippen LogP contribution in [0.25, 0.3) is 0 Å². The summed E-state index contributed by atoms with van der Waals surface area (Å²) in [7, 11) is 0. The zero-order valence-electron chi connectivity index (χ0n) is 22.3. The highest BCUT2D eigenvalue weighted by atomic mass is 16.6. The second-order valence-electron chi connectivity index (χ2n) is 11.8. The third-order valence-electron chi connectivity index (χ3n) is 9.29. The van der Waals surface area contributed by atoms with Crippen LogP contribution in [0.2, 0.25) is 0 Å². The molecule has 0 aromatic heterocycles. The van der Waals surface area contributed by atoms with Crippen LogP contribution >= 0.6 is 0 Å². The fraction of sp³-hybridized carbons (Fsp3) is 0.808. The molecule has 2 saturated carbocycles. The molecule has 0 spiro atoms. The minimum Gasteiger partial charge on any atom is -0.462 e. The van der Waals surface area contributed by atoms with E-state index >= 15 is 0 Å². The molecule has 1 saturated heterocycles. The van der Waals surface area contributed by atoms with Crippen molar-refractivity contribution in [1.82, 2.24) is 0 Å². The van der Waals surface area contributed by atoms with E-state index in [9.17, 15) is 34.8 Å². The summed E-state index contributed by atoms with van der Waals surface area (Å²) in [5.74, 6) is -3.00. The fourth-order valence-corrected chi connectivity index (χ4v) is 7.83. The number of aliphatic hydroxyl groups excluding tert-OH is 2. The van der Waals surface area contributed by atoms with Gasteiger partial charge in [-0.25, -0.2) is 0 Å². The third kappa shape index (κ3) is 3.76. The average Bonchev–Trinajstić information content (AvgIpc) is 3.23. The van der Waals surface area contributed by atoms with Crippen molar-refractivity contribution in [1.29, 1.82) is 0 Å². The van der Waals surface area contributed by atoms with E-state index in [1.165, 1.54) is 34.6 Å². The van der Waals surface area contributed by atoms with Gasteiger partial charge in [0.05, 0.1) is 35.2 Å². The van der Waals surface area contributed by atoms with Gasteiger partial charge in [0.2, 0.25) is 0 Å². The molecule has 3 aliphatic carbocycles. The smallest absolute Gasteiger partial charge is 0.303 e. The maximum Gasteiger partial charge on any atom is 0.303 e. The Morgan fingerprint density at radius 1 is 1.03 bits per heavy atom. The van der Waals surface area contributed by atoms with Crippen LogP contribution in [0, 0.1) is 16.7 Å². The number of rotatable bonds is 4. The lowest BCUT2D eigenvalue weighted by Crippen LogP contribution is -2.69. The average molecular weight is 527 g/mol. The Morgan fingerprint density at radius 3 is 2.11 bits per heavy atom. The minimum absolute atomic E-state index is 0.0166. The lowest BCUT2D eigenvalue weighted by Gasteiger charge is -2.56. The van der Waals surface area contributed by atoms with E-state index in [-0.39, 0.29) is 25.0 Å². The van der Waals surface area contributed by atoms with Crippen LogP contribution in [0.4, 0.5) is 0 Å². The van der Waals surface area contributed by atoms with Gasteiger partial charge in [-0.15, -0.1) is 0 Å². The first kappa shape index (κ1) is 28.0. The Morgan fingerprint density at radius 2 is 1.59 bits per heavy atom. The van der Waals surface area contributed by atoms with Crippen molar-refractivity contribution in [2.24, 2.45) is 16.7 Å². The van der Waals surface area contributed by atoms with Gasteiger partial charge >= 0.3 is 17.9 Å². The van der Waals surface area contributed by atoms with Crippen LogP contribution < -0.4 is 0 Å². The number of aliphatic hydroxyl groups is 4. The molecule has 11 nitrogen and oxygen atoms in total. The van der Waals surface area contributed by atoms with Crippen LogP contribution in [-0.4, -0.2) is 92.8 Å². The summed E-state index contributed by atoms with van der Waals surface area (Å²) in [4.78, 5) is 36.5. The molecule has 37 heavy (non-hydrogen) atoms. The number of carbonyl (C=O) groups is 3. The van der Waals surface area contributed by atoms with Crippen molar-refractivity contribution in [3.05, 3.63) is 11.1 Å². The van der Waals surface area contributed by atoms with Crippen LogP contribution in [-0.2, 0) is 33.3 Å². The monoisotopic (exact) mass is 526 g/mol. The number of carbonyl (C=O) groups excluding carboxylic acids is 3. The third-order valence-corrected chi connectivity index (χ3v) is 9.29. The molecule has 0 radical (unpaired) electrons. The predicted octanol–water partition coefficient (Wildman–Crippen LogP) is 0.151. The van der Waals surface area contributed by atoms with Crippen molar-refractivity contribution >= 4 is 17.9 Å². The fourth-order valence-electron chi connectivity index (χ4n) is 7.83. The summed E-state index contributed by atoms with van der Waals surface area (Å²) >= 11 is 0. The number of hydrogen-bond acceptors (Lipinski definition) is 11. The van der Waals surface area contributed by atoms with Crippen LogP contribution in [0.1, 0.15) is 61.3 Å². The zero-order valence-corrected chi connectivity index (χ0v) is 22.3. The zero-order chi connectivity index (χ0) is 27.9. The van der Waals surface area contributed by atoms with Crippen molar-refractivity contribution < 1.29 is 53.8 Å². The quantitative estimate of drug-likeness (QED) is 0.223. The molecular weight excluding hydrogens is 488 g/mol. The lowest BCUT2D eigenvalue weighted by atomic mass is 9.52. The van der Waals surface area contributed by atoms with Crippen molar-refractivity contribution in [3.63, 3.8) is 0 Å². The van der Waals surface area contributed by atoms with E-state index < -0.39 is 82.5 Å². The van der Waals surface area contributed by atoms with Gasteiger partial charge in [-0.05, 0) is 31.9 Å². The minimum atomic E-state index is -1.88. The molecule has 4 rings (SSSR count). The van der Waals surface area contributed by atoms with E-state index in [1.54, 1.807) is 13.8 Å². The molecule has 0 amide bonds. The Kier molecular flexibility index (Phi) is 6.61. The van der Waals surface area contributed by atoms with Gasteiger partial charge in [0.25, 0.3) is 0 Å². The van der Waals surface area contributed by atoms with Gasteiger partial charge in [-0.2, -0.15) is 0 Å². The maximum atomic E-state index is 12.4. The molecule has 1 aliphatic heterocycles. The normalized spacial score (nSPS) is 45.0. The van der Waals surface area contributed by atoms with Gasteiger partial charge in [-0.3, -0.25) is 14.4 Å². The number of hydrogen-bond donors (Lipinski definition) is 4. The molecule has 1 heterocycles. The topological polar surface area (TPSA) is 169 Å². The van der Waals surface area contributed by atoms with E-state index in [1.807, 2.05) is 0 Å². The molecule has 0 unspecified atom stereocenters. The first-order chi connectivity index (χ1) is 16.9. The molecule has 4 aliphatic rings. The van der Waals surface area contributed by atoms with Crippen LogP contribution in [0.15, 0.2) is 11.1 Å². The van der Waals surface area contributed by atoms with E-state index in [0.717, 1.165) is 0 Å². The van der Waals surface area contributed by atoms with Gasteiger partial charge in [-0.1, -0.05) is 6.92 Å². The molecule has 11 heteroatoms. The summed E-state index contributed by atoms with van der Waals surface area (Å²) in [6, 6.07) is 0. The standard InChI is InChI=1S/C26H38O11/c1-11-15(35-12(2)27)9-25(23(5,6)32)18(11)19(31)21(37-14(4)29)24(7)17(36-13(3)28)8-16(30)26(33)10-34-22(25)20(24)26/h15-17,19-22,30-33H,8-10H2,1-7H3/t15-,16-,17-,19+,20-,21-,22-,24+,25-,26-/m0/s1. The molecule has 208 valence electrons. The Bertz CT molecular complexity index is 1030. The van der Waals surface area contributed by atoms with E-state index in [4.69, 9.17) is 18.9 Å². The largest absolute Gasteiger partial charge is 0.462 e. The van der Waals surface area contributed by atoms with Crippen LogP contribution in [0.3, 0.4) is 0 Å². The summed E-state index contributed by atoms with van der Waals surface area (Å²) in [6.07, 6.45) is -7.42. The second kappa shape index (κ2) is 8.74. The van der Waals surface area contributed by atoms with Gasteiger partial charge in [0.1, 0.15) is 30.0 Å². The molecule has 3 fully saturated rings. The highest BCUT2D eigenvalue weighted by Gasteiger charge is 2.78. The number of fused-ring (bicyclic) bond motifs is 2. The van der Waals surface area contributed by atoms with Crippen LogP contribution in [0.5, 0.6) is 0 Å². The Hall–Kier alpha value is -2.05. The number of ether oxygens (including phenoxy) is 4. The highest BCUT2D eigenvalue weighted by molar-refractivity contribution is 5.68. The van der Waals surface area contributed by atoms with E-state index in [0.29, 0.717) is 5.57 Å². The van der Waals surface area contributed by atoms with Crippen molar-refractivity contribution in [3.8, 4) is 0 Å². The predicted molar refractivity (Wildman–Crippen MR) is 126 cm³/mol. The summed E-state index contributed by atoms with van der Waals surface area (Å²) in [5, 5.41) is 46.8. The molecule has 0 aromatic rings. The first-order valence-corrected chi connectivity index (χ1v) is 12.6. The second-order valence-corrected chi connectivity index (χ2v) is 11.8. The van der Waals surface area contributed by atoms with Gasteiger partial charge < -0.3 is 39.4 Å². The molecule has 0 bridgehead atoms. The van der Waals surface area contributed by atoms with Crippen molar-refractivity contribution in [2.75, 3.05) is 6.61 Å². The molecular formula is C26H38O11. The first-order valence-electron chi connectivity index (χ1n) is 12.6. The Balaban J connectivity index is 2.07. The highest BCUT2D eigenvalue weighted by Crippen LogP contribution is 2.68. The van der Waals surface area contributed by atoms with E-state index in [2.05, 4.69) is 0 Å². The SMILES string of the molecule is CC(=O)O[C@H]1C[C@]2(C(C)(C)O)C(=C1C)[C@@H](O)[C@H](OC(C)=O)[C@]1(C)[C@@H](OC(C)=O)C[C@H](O)[C@@]3(O)CO[C@H]2[C@H]31. The summed E-state index contributed by atoms with van der Waals surface area (Å²) in [5.41, 5.74) is -5.62. The maximum absolute atomic E-state index is 12.4. The summed E-state index contributed by atoms with van der Waals surface area (Å²) in [6.45, 7) is 9.71. The van der Waals surface area contributed by atoms with Gasteiger partial charge in [0, 0.05) is 39.5 Å². The van der Waals surface area contributed by atoms with Crippen molar-refractivity contribution in [2.45, 2.75) is 109 Å². The lowest BCUT2D eigenvalue weighted by molar-refractivity contribution is -0.248. The number of esters is 3. The Labute approximate surface area is 215 Å². The molecule has 4 N–H and O–H groups in total. The molecule has 0 aromatic carbocycles. The summed E-state index contributed by atoms with van der Waals surface area (Å²) < 4.78 is 23.2. The van der Waals surface area contributed by atoms with Gasteiger partial charge in [0.15, 0.2) is 0 Å². The molecule has 10 atom stereocenters.